The lowest BCUT2D eigenvalue weighted by Crippen LogP contribution is -2.30. The maximum atomic E-state index is 13.2. The molecular formula is C25H23N5O3S. The Balaban J connectivity index is 1.62. The van der Waals surface area contributed by atoms with E-state index in [1.165, 1.54) is 27.3 Å². The molecule has 0 fully saturated rings. The normalized spacial score (nSPS) is 11.2. The third-order valence-corrected chi connectivity index (χ3v) is 7.41. The van der Waals surface area contributed by atoms with Gasteiger partial charge >= 0.3 is 0 Å². The van der Waals surface area contributed by atoms with Crippen LogP contribution >= 0.6 is 0 Å². The van der Waals surface area contributed by atoms with Crippen LogP contribution in [0.4, 0.5) is 5.69 Å². The van der Waals surface area contributed by atoms with E-state index in [9.17, 15) is 13.2 Å². The first kappa shape index (κ1) is 23.0. The van der Waals surface area contributed by atoms with Crippen molar-refractivity contribution in [2.45, 2.75) is 25.2 Å². The Morgan fingerprint density at radius 2 is 1.76 bits per heavy atom. The van der Waals surface area contributed by atoms with E-state index in [2.05, 4.69) is 16.2 Å². The van der Waals surface area contributed by atoms with E-state index in [4.69, 9.17) is 5.26 Å². The van der Waals surface area contributed by atoms with Crippen LogP contribution in [-0.4, -0.2) is 29.7 Å². The summed E-state index contributed by atoms with van der Waals surface area (Å²) in [4.78, 5) is 17.4. The summed E-state index contributed by atoms with van der Waals surface area (Å²) in [6, 6.07) is 21.0. The fourth-order valence-electron chi connectivity index (χ4n) is 3.72. The van der Waals surface area contributed by atoms with E-state index in [-0.39, 0.29) is 17.0 Å². The molecule has 0 aliphatic carbocycles. The van der Waals surface area contributed by atoms with E-state index in [0.29, 0.717) is 34.7 Å². The maximum absolute atomic E-state index is 13.2. The minimum Gasteiger partial charge on any atom is -0.294 e. The molecule has 0 atom stereocenters. The summed E-state index contributed by atoms with van der Waals surface area (Å²) in [5, 5.41) is 12.0. The molecule has 0 radical (unpaired) electrons. The summed E-state index contributed by atoms with van der Waals surface area (Å²) < 4.78 is 29.0. The molecule has 0 saturated carbocycles. The number of hydrogen-bond acceptors (Lipinski definition) is 5. The standard InChI is InChI=1S/C25H23N5O3S/c1-3-29(21-7-5-4-6-8-21)34(32,33)22-13-14-24(27-17-22)30-25(31)23(18(2)28-30)15-19-9-11-20(16-26)12-10-19/h4-14,17,28H,3,15H2,1-2H3. The Labute approximate surface area is 197 Å². The monoisotopic (exact) mass is 473 g/mol. The summed E-state index contributed by atoms with van der Waals surface area (Å²) in [5.41, 5.74) is 3.03. The molecule has 0 unspecified atom stereocenters. The van der Waals surface area contributed by atoms with E-state index < -0.39 is 10.0 Å². The number of nitrogens with zero attached hydrogens (tertiary/aromatic N) is 4. The zero-order valence-electron chi connectivity index (χ0n) is 18.8. The largest absolute Gasteiger partial charge is 0.294 e. The van der Waals surface area contributed by atoms with E-state index in [1.54, 1.807) is 50.2 Å². The van der Waals surface area contributed by atoms with Crippen molar-refractivity contribution < 1.29 is 8.42 Å². The smallest absolute Gasteiger partial charge is 0.276 e. The number of hydrogen-bond donors (Lipinski definition) is 1. The Morgan fingerprint density at radius 3 is 2.35 bits per heavy atom. The molecule has 0 aliphatic rings. The van der Waals surface area contributed by atoms with Gasteiger partial charge < -0.3 is 0 Å². The Hall–Kier alpha value is -4.16. The van der Waals surface area contributed by atoms with Gasteiger partial charge in [0.05, 0.1) is 17.3 Å². The molecular weight excluding hydrogens is 450 g/mol. The van der Waals surface area contributed by atoms with Crippen molar-refractivity contribution in [3.8, 4) is 11.9 Å². The van der Waals surface area contributed by atoms with Crippen LogP contribution in [0.3, 0.4) is 0 Å². The van der Waals surface area contributed by atoms with Gasteiger partial charge in [0.2, 0.25) is 0 Å². The summed E-state index contributed by atoms with van der Waals surface area (Å²) in [6.07, 6.45) is 1.66. The molecule has 4 aromatic rings. The zero-order valence-corrected chi connectivity index (χ0v) is 19.6. The first-order valence-electron chi connectivity index (χ1n) is 10.7. The van der Waals surface area contributed by atoms with Gasteiger partial charge in [0.1, 0.15) is 4.90 Å². The lowest BCUT2D eigenvalue weighted by molar-refractivity contribution is 0.591. The van der Waals surface area contributed by atoms with Crippen molar-refractivity contribution in [2.24, 2.45) is 0 Å². The second-order valence-corrected chi connectivity index (χ2v) is 9.56. The average molecular weight is 474 g/mol. The van der Waals surface area contributed by atoms with Gasteiger partial charge in [0.15, 0.2) is 5.82 Å². The predicted molar refractivity (Wildman–Crippen MR) is 130 cm³/mol. The van der Waals surface area contributed by atoms with Crippen LogP contribution in [0.1, 0.15) is 29.3 Å². The van der Waals surface area contributed by atoms with Crippen LogP contribution in [0.15, 0.2) is 82.6 Å². The molecule has 2 heterocycles. The quantitative estimate of drug-likeness (QED) is 0.441. The lowest BCUT2D eigenvalue weighted by Gasteiger charge is -2.22. The third kappa shape index (κ3) is 4.36. The molecule has 0 amide bonds. The van der Waals surface area contributed by atoms with Crippen LogP contribution < -0.4 is 9.86 Å². The minimum absolute atomic E-state index is 0.0380. The highest BCUT2D eigenvalue weighted by Gasteiger charge is 2.24. The van der Waals surface area contributed by atoms with Crippen LogP contribution in [-0.2, 0) is 16.4 Å². The molecule has 0 spiro atoms. The van der Waals surface area contributed by atoms with Crippen molar-refractivity contribution in [3.63, 3.8) is 0 Å². The van der Waals surface area contributed by atoms with Crippen LogP contribution in [0, 0.1) is 18.3 Å². The number of nitrogens with one attached hydrogen (secondary N) is 1. The second kappa shape index (κ2) is 9.37. The number of aromatic nitrogens is 3. The highest BCUT2D eigenvalue weighted by molar-refractivity contribution is 7.92. The molecule has 2 aromatic heterocycles. The highest BCUT2D eigenvalue weighted by Crippen LogP contribution is 2.23. The number of sulfonamides is 1. The predicted octanol–water partition coefficient (Wildman–Crippen LogP) is 3.55. The van der Waals surface area contributed by atoms with Crippen molar-refractivity contribution in [1.29, 1.82) is 5.26 Å². The molecule has 4 rings (SSSR count). The second-order valence-electron chi connectivity index (χ2n) is 7.70. The molecule has 9 heteroatoms. The minimum atomic E-state index is -3.81. The zero-order chi connectivity index (χ0) is 24.3. The molecule has 172 valence electrons. The molecule has 34 heavy (non-hydrogen) atoms. The topological polar surface area (TPSA) is 112 Å². The number of aromatic amines is 1. The summed E-state index contributed by atoms with van der Waals surface area (Å²) in [5.74, 6) is 0.292. The van der Waals surface area contributed by atoms with E-state index >= 15 is 0 Å². The number of para-hydroxylation sites is 1. The van der Waals surface area contributed by atoms with Crippen molar-refractivity contribution in [3.05, 3.63) is 106 Å². The lowest BCUT2D eigenvalue weighted by atomic mass is 10.0. The van der Waals surface area contributed by atoms with Gasteiger partial charge in [-0.3, -0.25) is 14.2 Å². The number of benzene rings is 2. The van der Waals surface area contributed by atoms with Crippen molar-refractivity contribution in [2.75, 3.05) is 10.8 Å². The van der Waals surface area contributed by atoms with Crippen LogP contribution in [0.25, 0.3) is 5.82 Å². The Kier molecular flexibility index (Phi) is 6.34. The molecule has 2 aromatic carbocycles. The SMILES string of the molecule is CCN(c1ccccc1)S(=O)(=O)c1ccc(-n2[nH]c(C)c(Cc3ccc(C#N)cc3)c2=O)nc1. The van der Waals surface area contributed by atoms with Crippen LogP contribution in [0.2, 0.25) is 0 Å². The summed E-state index contributed by atoms with van der Waals surface area (Å²) >= 11 is 0. The highest BCUT2D eigenvalue weighted by atomic mass is 32.2. The van der Waals surface area contributed by atoms with Gasteiger partial charge in [0, 0.05) is 30.4 Å². The number of nitriles is 1. The van der Waals surface area contributed by atoms with Gasteiger partial charge in [-0.25, -0.2) is 18.1 Å². The van der Waals surface area contributed by atoms with Gasteiger partial charge in [-0.05, 0) is 55.8 Å². The molecule has 0 bridgehead atoms. The van der Waals surface area contributed by atoms with E-state index in [0.717, 1.165) is 5.56 Å². The molecule has 8 nitrogen and oxygen atoms in total. The van der Waals surface area contributed by atoms with Crippen LogP contribution in [0.5, 0.6) is 0 Å². The Morgan fingerprint density at radius 1 is 1.06 bits per heavy atom. The number of anilines is 1. The van der Waals surface area contributed by atoms with Crippen molar-refractivity contribution in [1.82, 2.24) is 14.8 Å². The third-order valence-electron chi connectivity index (χ3n) is 5.53. The molecule has 0 aliphatic heterocycles. The molecule has 0 saturated heterocycles. The van der Waals surface area contributed by atoms with Gasteiger partial charge in [-0.15, -0.1) is 0 Å². The summed E-state index contributed by atoms with van der Waals surface area (Å²) in [6.45, 7) is 3.83. The van der Waals surface area contributed by atoms with Gasteiger partial charge in [0.25, 0.3) is 15.6 Å². The first-order valence-corrected chi connectivity index (χ1v) is 12.1. The molecule has 1 N–H and O–H groups in total. The number of aryl methyl sites for hydroxylation is 1. The number of pyridine rings is 1. The first-order chi connectivity index (χ1) is 16.3. The fourth-order valence-corrected chi connectivity index (χ4v) is 5.14. The fraction of sp³-hybridized carbons (Fsp3) is 0.160. The Bertz CT molecular complexity index is 1500. The van der Waals surface area contributed by atoms with E-state index in [1.807, 2.05) is 18.2 Å². The summed E-state index contributed by atoms with van der Waals surface area (Å²) in [7, 11) is -3.81. The number of rotatable bonds is 7. The average Bonchev–Trinajstić information content (AvgIpc) is 3.14. The van der Waals surface area contributed by atoms with Crippen molar-refractivity contribution >= 4 is 15.7 Å². The maximum Gasteiger partial charge on any atom is 0.276 e. The van der Waals surface area contributed by atoms with Gasteiger partial charge in [-0.2, -0.15) is 5.26 Å². The van der Waals surface area contributed by atoms with Gasteiger partial charge in [-0.1, -0.05) is 30.3 Å². The number of H-pyrrole nitrogens is 1.